The van der Waals surface area contributed by atoms with Crippen LogP contribution >= 0.6 is 0 Å². The van der Waals surface area contributed by atoms with Crippen LogP contribution in [0.25, 0.3) is 0 Å². The lowest BCUT2D eigenvalue weighted by molar-refractivity contribution is 0.102. The molecule has 2 aliphatic carbocycles. The maximum atomic E-state index is 13.1. The molecular formula is C28H26N2O3. The quantitative estimate of drug-likeness (QED) is 0.529. The Bertz CT molecular complexity index is 1240. The van der Waals surface area contributed by atoms with Crippen molar-refractivity contribution in [3.63, 3.8) is 0 Å². The third-order valence-electron chi connectivity index (χ3n) is 8.14. The second-order valence-corrected chi connectivity index (χ2v) is 9.79. The number of amides is 1. The molecule has 5 unspecified atom stereocenters. The Morgan fingerprint density at radius 2 is 1.76 bits per heavy atom. The van der Waals surface area contributed by atoms with Gasteiger partial charge in [-0.3, -0.25) is 4.79 Å². The molecule has 166 valence electrons. The second-order valence-electron chi connectivity index (χ2n) is 9.79. The van der Waals surface area contributed by atoms with E-state index in [-0.39, 0.29) is 12.7 Å². The Balaban J connectivity index is 1.21. The van der Waals surface area contributed by atoms with Crippen LogP contribution in [0.15, 0.2) is 66.7 Å². The number of hydrogen-bond donors (Lipinski definition) is 2. The van der Waals surface area contributed by atoms with Gasteiger partial charge in [-0.15, -0.1) is 0 Å². The van der Waals surface area contributed by atoms with Gasteiger partial charge in [-0.1, -0.05) is 30.3 Å². The predicted molar refractivity (Wildman–Crippen MR) is 127 cm³/mol. The first kappa shape index (κ1) is 19.0. The highest BCUT2D eigenvalue weighted by Crippen LogP contribution is 2.63. The van der Waals surface area contributed by atoms with E-state index in [1.54, 1.807) is 0 Å². The highest BCUT2D eigenvalue weighted by atomic mass is 16.7. The highest BCUT2D eigenvalue weighted by Gasteiger charge is 2.53. The fourth-order valence-corrected chi connectivity index (χ4v) is 6.80. The number of fused-ring (bicyclic) bond motifs is 8. The van der Waals surface area contributed by atoms with Gasteiger partial charge in [-0.2, -0.15) is 0 Å². The molecule has 7 rings (SSSR count). The molecular weight excluding hydrogens is 412 g/mol. The zero-order valence-corrected chi connectivity index (χ0v) is 18.3. The molecule has 2 bridgehead atoms. The van der Waals surface area contributed by atoms with Crippen molar-refractivity contribution in [2.24, 2.45) is 17.8 Å². The summed E-state index contributed by atoms with van der Waals surface area (Å²) in [6.45, 7) is 0.221. The fraction of sp³-hybridized carbons (Fsp3) is 0.321. The lowest BCUT2D eigenvalue weighted by Gasteiger charge is -2.43. The molecule has 0 saturated heterocycles. The average Bonchev–Trinajstić information content (AvgIpc) is 3.60. The summed E-state index contributed by atoms with van der Waals surface area (Å²) >= 11 is 0. The Hall–Kier alpha value is -3.47. The van der Waals surface area contributed by atoms with E-state index in [0.717, 1.165) is 11.8 Å². The molecule has 33 heavy (non-hydrogen) atoms. The number of benzene rings is 3. The van der Waals surface area contributed by atoms with Crippen LogP contribution in [0.2, 0.25) is 0 Å². The third kappa shape index (κ3) is 3.02. The number of carbonyl (C=O) groups excluding carboxylic acids is 1. The summed E-state index contributed by atoms with van der Waals surface area (Å²) in [5, 5.41) is 6.88. The lowest BCUT2D eigenvalue weighted by Crippen LogP contribution is -2.35. The van der Waals surface area contributed by atoms with Gasteiger partial charge in [0.25, 0.3) is 5.91 Å². The second kappa shape index (κ2) is 7.27. The van der Waals surface area contributed by atoms with E-state index in [2.05, 4.69) is 53.1 Å². The first-order chi connectivity index (χ1) is 16.2. The van der Waals surface area contributed by atoms with Crippen molar-refractivity contribution in [3.05, 3.63) is 83.4 Å². The monoisotopic (exact) mass is 438 g/mol. The number of nitrogens with one attached hydrogen (secondary N) is 2. The molecule has 4 aliphatic rings. The van der Waals surface area contributed by atoms with Gasteiger partial charge in [0.05, 0.1) is 6.04 Å². The molecule has 2 aliphatic heterocycles. The molecule has 3 aromatic carbocycles. The standard InChI is InChI=1S/C28H26N2O3/c31-28(29-20-9-11-23-24(14-20)33-15-32-23)19-8-10-22-21(13-19)25-17-6-7-18(12-17)26(25)27(30-22)16-4-2-1-3-5-16/h1-5,8-11,13-14,17-18,25-27,30H,6-7,12,15H2,(H,29,31). The summed E-state index contributed by atoms with van der Waals surface area (Å²) in [7, 11) is 0. The van der Waals surface area contributed by atoms with E-state index in [9.17, 15) is 4.79 Å². The summed E-state index contributed by atoms with van der Waals surface area (Å²) in [5.74, 6) is 3.87. The molecule has 2 saturated carbocycles. The number of anilines is 2. The van der Waals surface area contributed by atoms with Crippen LogP contribution in [-0.4, -0.2) is 12.7 Å². The van der Waals surface area contributed by atoms with E-state index in [4.69, 9.17) is 9.47 Å². The average molecular weight is 439 g/mol. The van der Waals surface area contributed by atoms with Gasteiger partial charge >= 0.3 is 0 Å². The molecule has 0 spiro atoms. The van der Waals surface area contributed by atoms with Crippen LogP contribution in [0.1, 0.15) is 52.7 Å². The maximum Gasteiger partial charge on any atom is 0.255 e. The van der Waals surface area contributed by atoms with Crippen molar-refractivity contribution in [3.8, 4) is 11.5 Å². The minimum absolute atomic E-state index is 0.0958. The smallest absolute Gasteiger partial charge is 0.255 e. The van der Waals surface area contributed by atoms with Crippen LogP contribution in [0, 0.1) is 17.8 Å². The number of hydrogen-bond acceptors (Lipinski definition) is 4. The molecule has 2 N–H and O–H groups in total. The molecule has 0 radical (unpaired) electrons. The molecule has 0 aromatic heterocycles. The Morgan fingerprint density at radius 1 is 0.909 bits per heavy atom. The van der Waals surface area contributed by atoms with Crippen molar-refractivity contribution in [1.29, 1.82) is 0 Å². The first-order valence-corrected chi connectivity index (χ1v) is 11.9. The minimum atomic E-state index is -0.0958. The number of rotatable bonds is 3. The topological polar surface area (TPSA) is 59.6 Å². The van der Waals surface area contributed by atoms with E-state index < -0.39 is 0 Å². The summed E-state index contributed by atoms with van der Waals surface area (Å²) in [6.07, 6.45) is 3.95. The number of carbonyl (C=O) groups is 1. The normalized spacial score (nSPS) is 28.1. The van der Waals surface area contributed by atoms with Gasteiger partial charge in [0.1, 0.15) is 0 Å². The summed E-state index contributed by atoms with van der Waals surface area (Å²) in [5.41, 5.74) is 5.28. The van der Waals surface area contributed by atoms with Crippen molar-refractivity contribution >= 4 is 17.3 Å². The molecule has 5 atom stereocenters. The Labute approximate surface area is 193 Å². The van der Waals surface area contributed by atoms with Crippen LogP contribution in [0.4, 0.5) is 11.4 Å². The van der Waals surface area contributed by atoms with Gasteiger partial charge in [0.2, 0.25) is 6.79 Å². The van der Waals surface area contributed by atoms with E-state index in [1.807, 2.05) is 24.3 Å². The third-order valence-corrected chi connectivity index (χ3v) is 8.14. The van der Waals surface area contributed by atoms with Gasteiger partial charge < -0.3 is 20.1 Å². The van der Waals surface area contributed by atoms with Gasteiger partial charge in [-0.05, 0) is 84.4 Å². The molecule has 5 heteroatoms. The lowest BCUT2D eigenvalue weighted by atomic mass is 9.68. The summed E-state index contributed by atoms with van der Waals surface area (Å²) in [6, 6.07) is 22.9. The van der Waals surface area contributed by atoms with Gasteiger partial charge in [0, 0.05) is 23.0 Å². The van der Waals surface area contributed by atoms with Crippen LogP contribution in [0.3, 0.4) is 0 Å². The summed E-state index contributed by atoms with van der Waals surface area (Å²) in [4.78, 5) is 13.1. The Morgan fingerprint density at radius 3 is 2.67 bits per heavy atom. The molecule has 1 amide bonds. The Kier molecular flexibility index (Phi) is 4.20. The fourth-order valence-electron chi connectivity index (χ4n) is 6.80. The molecule has 2 fully saturated rings. The zero-order valence-electron chi connectivity index (χ0n) is 18.3. The van der Waals surface area contributed by atoms with Crippen molar-refractivity contribution in [2.45, 2.75) is 31.2 Å². The predicted octanol–water partition coefficient (Wildman–Crippen LogP) is 5.96. The largest absolute Gasteiger partial charge is 0.454 e. The highest BCUT2D eigenvalue weighted by molar-refractivity contribution is 6.05. The van der Waals surface area contributed by atoms with E-state index >= 15 is 0 Å². The van der Waals surface area contributed by atoms with Gasteiger partial charge in [0.15, 0.2) is 11.5 Å². The van der Waals surface area contributed by atoms with Crippen LogP contribution in [0.5, 0.6) is 11.5 Å². The zero-order chi connectivity index (χ0) is 21.9. The van der Waals surface area contributed by atoms with Crippen LogP contribution in [-0.2, 0) is 0 Å². The maximum absolute atomic E-state index is 13.1. The van der Waals surface area contributed by atoms with Crippen molar-refractivity contribution < 1.29 is 14.3 Å². The van der Waals surface area contributed by atoms with Crippen molar-refractivity contribution in [2.75, 3.05) is 17.4 Å². The van der Waals surface area contributed by atoms with Crippen LogP contribution < -0.4 is 20.1 Å². The SMILES string of the molecule is O=C(Nc1ccc2c(c1)OCO2)c1ccc2c(c1)C1C3CCC(C3)C1C(c1ccccc1)N2. The number of ether oxygens (including phenoxy) is 2. The van der Waals surface area contributed by atoms with E-state index in [0.29, 0.717) is 40.6 Å². The molecule has 3 aromatic rings. The van der Waals surface area contributed by atoms with Crippen molar-refractivity contribution in [1.82, 2.24) is 0 Å². The van der Waals surface area contributed by atoms with Gasteiger partial charge in [-0.25, -0.2) is 0 Å². The van der Waals surface area contributed by atoms with E-state index in [1.165, 1.54) is 36.1 Å². The minimum Gasteiger partial charge on any atom is -0.454 e. The molecule has 2 heterocycles. The first-order valence-electron chi connectivity index (χ1n) is 11.9. The summed E-state index contributed by atoms with van der Waals surface area (Å²) < 4.78 is 10.8. The molecule has 5 nitrogen and oxygen atoms in total.